The molecule has 0 atom stereocenters. The summed E-state index contributed by atoms with van der Waals surface area (Å²) in [6.07, 6.45) is 11.9. The second kappa shape index (κ2) is 10.7. The normalized spacial score (nSPS) is 19.8. The lowest BCUT2D eigenvalue weighted by molar-refractivity contribution is 0.0494. The Kier molecular flexibility index (Phi) is 6.79. The van der Waals surface area contributed by atoms with Crippen molar-refractivity contribution in [2.45, 2.75) is 38.6 Å². The van der Waals surface area contributed by atoms with Crippen molar-refractivity contribution in [1.82, 2.24) is 29.8 Å². The molecule has 4 aliphatic rings. The van der Waals surface area contributed by atoms with Gasteiger partial charge in [0.05, 0.1) is 33.6 Å². The van der Waals surface area contributed by atoms with E-state index in [0.717, 1.165) is 29.4 Å². The molecule has 3 fully saturated rings. The van der Waals surface area contributed by atoms with Gasteiger partial charge in [-0.05, 0) is 50.7 Å². The molecule has 212 valence electrons. The van der Waals surface area contributed by atoms with Gasteiger partial charge in [0, 0.05) is 49.8 Å². The Morgan fingerprint density at radius 3 is 2.78 bits per heavy atom. The minimum Gasteiger partial charge on any atom is -0.484 e. The van der Waals surface area contributed by atoms with Crippen LogP contribution in [-0.2, 0) is 0 Å². The van der Waals surface area contributed by atoms with Crippen LogP contribution >= 0.6 is 11.3 Å². The summed E-state index contributed by atoms with van der Waals surface area (Å²) in [5.41, 5.74) is 2.78. The summed E-state index contributed by atoms with van der Waals surface area (Å²) in [7, 11) is 0. The van der Waals surface area contributed by atoms with Gasteiger partial charge in [0.25, 0.3) is 17.7 Å². The third kappa shape index (κ3) is 5.02. The largest absolute Gasteiger partial charge is 0.484 e. The summed E-state index contributed by atoms with van der Waals surface area (Å²) in [4.78, 5) is 39.0. The smallest absolute Gasteiger partial charge is 0.260 e. The number of hydrogen-bond donors (Lipinski definition) is 2. The van der Waals surface area contributed by atoms with Gasteiger partial charge in [-0.25, -0.2) is 9.50 Å². The van der Waals surface area contributed by atoms with E-state index in [1.807, 2.05) is 12.3 Å². The number of rotatable bonds is 7. The molecule has 2 saturated heterocycles. The lowest BCUT2D eigenvalue weighted by Gasteiger charge is -2.45. The van der Waals surface area contributed by atoms with Crippen molar-refractivity contribution in [3.8, 4) is 22.1 Å². The molecule has 3 aliphatic heterocycles. The fraction of sp³-hybridized carbons (Fsp3) is 0.414. The molecule has 0 aromatic carbocycles. The summed E-state index contributed by atoms with van der Waals surface area (Å²) in [6, 6.07) is 4.20. The molecule has 11 nitrogen and oxygen atoms in total. The SMILES string of the molecule is Cc1ncc(C(=O)NCCN2CC3CCC2CC3)cc1NC(=O)c1cnn2cc(-c3ccnc4c3OCCO4)sc12. The van der Waals surface area contributed by atoms with Crippen LogP contribution in [0.4, 0.5) is 5.69 Å². The fourth-order valence-corrected chi connectivity index (χ4v) is 7.13. The van der Waals surface area contributed by atoms with Crippen molar-refractivity contribution >= 4 is 33.7 Å². The molecular weight excluding hydrogens is 542 g/mol. The zero-order valence-corrected chi connectivity index (χ0v) is 23.6. The highest BCUT2D eigenvalue weighted by atomic mass is 32.1. The van der Waals surface area contributed by atoms with Gasteiger partial charge in [-0.2, -0.15) is 5.10 Å². The fourth-order valence-electron chi connectivity index (χ4n) is 6.05. The quantitative estimate of drug-likeness (QED) is 0.343. The first kappa shape index (κ1) is 25.9. The molecule has 0 radical (unpaired) electrons. The molecule has 0 unspecified atom stereocenters. The van der Waals surface area contributed by atoms with Crippen LogP contribution in [0.1, 0.15) is 52.1 Å². The van der Waals surface area contributed by atoms with Crippen LogP contribution in [0.15, 0.2) is 36.9 Å². The van der Waals surface area contributed by atoms with Gasteiger partial charge in [0.15, 0.2) is 5.75 Å². The van der Waals surface area contributed by atoms with Crippen LogP contribution in [-0.4, -0.2) is 75.2 Å². The average Bonchev–Trinajstić information content (AvgIpc) is 3.60. The van der Waals surface area contributed by atoms with Crippen LogP contribution in [0, 0.1) is 12.8 Å². The first-order valence-electron chi connectivity index (χ1n) is 14.1. The number of carbonyl (C=O) groups excluding carboxylic acids is 2. The number of nitrogens with one attached hydrogen (secondary N) is 2. The predicted molar refractivity (Wildman–Crippen MR) is 154 cm³/mol. The third-order valence-electron chi connectivity index (χ3n) is 8.25. The van der Waals surface area contributed by atoms with Gasteiger partial charge in [0.2, 0.25) is 0 Å². The summed E-state index contributed by atoms with van der Waals surface area (Å²) in [5.74, 6) is 1.34. The Hall–Kier alpha value is -4.03. The number of anilines is 1. The maximum atomic E-state index is 13.4. The second-order valence-electron chi connectivity index (χ2n) is 10.8. The molecule has 7 heterocycles. The van der Waals surface area contributed by atoms with E-state index < -0.39 is 0 Å². The Bertz CT molecular complexity index is 1620. The summed E-state index contributed by atoms with van der Waals surface area (Å²) >= 11 is 1.43. The summed E-state index contributed by atoms with van der Waals surface area (Å²) < 4.78 is 13.1. The highest BCUT2D eigenvalue weighted by Gasteiger charge is 2.33. The highest BCUT2D eigenvalue weighted by Crippen LogP contribution is 2.41. The van der Waals surface area contributed by atoms with Crippen LogP contribution in [0.25, 0.3) is 15.3 Å². The molecule has 12 heteroatoms. The number of carbonyl (C=O) groups is 2. The zero-order chi connectivity index (χ0) is 27.9. The number of thiazole rings is 1. The van der Waals surface area contributed by atoms with Crippen molar-refractivity contribution in [3.63, 3.8) is 0 Å². The van der Waals surface area contributed by atoms with Crippen molar-refractivity contribution in [2.75, 3.05) is 38.2 Å². The van der Waals surface area contributed by atoms with Crippen LogP contribution < -0.4 is 20.1 Å². The van der Waals surface area contributed by atoms with Gasteiger partial charge >= 0.3 is 0 Å². The van der Waals surface area contributed by atoms with Crippen molar-refractivity contribution < 1.29 is 19.1 Å². The molecule has 1 saturated carbocycles. The first-order chi connectivity index (χ1) is 20.0. The van der Waals surface area contributed by atoms with E-state index in [-0.39, 0.29) is 11.8 Å². The average molecular weight is 574 g/mol. The van der Waals surface area contributed by atoms with Crippen molar-refractivity contribution in [3.05, 3.63) is 53.7 Å². The Morgan fingerprint density at radius 2 is 1.95 bits per heavy atom. The monoisotopic (exact) mass is 573 g/mol. The number of pyridine rings is 2. The minimum atomic E-state index is -0.327. The van der Waals surface area contributed by atoms with Crippen LogP contribution in [0.3, 0.4) is 0 Å². The van der Waals surface area contributed by atoms with Gasteiger partial charge < -0.3 is 20.1 Å². The molecule has 1 aliphatic carbocycles. The van der Waals surface area contributed by atoms with Gasteiger partial charge in [-0.15, -0.1) is 11.3 Å². The van der Waals surface area contributed by atoms with Gasteiger partial charge in [0.1, 0.15) is 18.0 Å². The minimum absolute atomic E-state index is 0.196. The number of ether oxygens (including phenoxy) is 2. The molecule has 2 bridgehead atoms. The van der Waals surface area contributed by atoms with E-state index in [0.29, 0.717) is 64.8 Å². The lowest BCUT2D eigenvalue weighted by atomic mass is 9.80. The predicted octanol–water partition coefficient (Wildman–Crippen LogP) is 3.79. The molecule has 8 rings (SSSR count). The van der Waals surface area contributed by atoms with E-state index in [2.05, 4.69) is 30.6 Å². The van der Waals surface area contributed by atoms with Crippen LogP contribution in [0.5, 0.6) is 11.6 Å². The van der Waals surface area contributed by atoms with Crippen LogP contribution in [0.2, 0.25) is 0 Å². The number of aryl methyl sites for hydroxylation is 1. The molecule has 2 N–H and O–H groups in total. The summed E-state index contributed by atoms with van der Waals surface area (Å²) in [5, 5.41) is 10.4. The van der Waals surface area contributed by atoms with Gasteiger partial charge in [-0.1, -0.05) is 0 Å². The number of piperidine rings is 2. The number of hydrogen-bond acceptors (Lipinski definition) is 9. The number of nitrogens with zero attached hydrogens (tertiary/aromatic N) is 5. The van der Waals surface area contributed by atoms with E-state index in [1.165, 1.54) is 37.0 Å². The topological polar surface area (TPSA) is 123 Å². The Balaban J connectivity index is 1.04. The maximum absolute atomic E-state index is 13.4. The zero-order valence-electron chi connectivity index (χ0n) is 22.8. The van der Waals surface area contributed by atoms with Crippen molar-refractivity contribution in [2.24, 2.45) is 5.92 Å². The Morgan fingerprint density at radius 1 is 1.10 bits per heavy atom. The van der Waals surface area contributed by atoms with E-state index in [1.54, 1.807) is 36.1 Å². The van der Waals surface area contributed by atoms with E-state index >= 15 is 0 Å². The van der Waals surface area contributed by atoms with E-state index in [9.17, 15) is 9.59 Å². The third-order valence-corrected chi connectivity index (χ3v) is 9.40. The van der Waals surface area contributed by atoms with Crippen molar-refractivity contribution in [1.29, 1.82) is 0 Å². The summed E-state index contributed by atoms with van der Waals surface area (Å²) in [6.45, 7) is 5.30. The first-order valence-corrected chi connectivity index (χ1v) is 14.9. The molecule has 41 heavy (non-hydrogen) atoms. The highest BCUT2D eigenvalue weighted by molar-refractivity contribution is 7.21. The molecule has 4 aromatic heterocycles. The number of amides is 2. The second-order valence-corrected chi connectivity index (χ2v) is 11.9. The maximum Gasteiger partial charge on any atom is 0.260 e. The Labute approximate surface area is 240 Å². The number of fused-ring (bicyclic) bond motifs is 5. The number of aromatic nitrogens is 4. The molecule has 4 aromatic rings. The molecular formula is C29H31N7O4S. The van der Waals surface area contributed by atoms with Gasteiger partial charge in [-0.3, -0.25) is 19.5 Å². The van der Waals surface area contributed by atoms with E-state index in [4.69, 9.17) is 9.47 Å². The molecule has 0 spiro atoms. The standard InChI is InChI=1S/C29H31N7O4S/c1-17-23(12-19(13-32-17)26(37)30-8-9-35-15-18-2-4-20(35)5-3-18)34-27(38)22-14-33-36-16-24(41-29(22)36)21-6-7-31-28-25(21)39-10-11-40-28/h6-7,12-14,16,18,20H,2-5,8-11,15H2,1H3,(H,30,37)(H,34,38). The molecule has 2 amide bonds. The lowest BCUT2D eigenvalue weighted by Crippen LogP contribution is -2.50.